The van der Waals surface area contributed by atoms with E-state index in [2.05, 4.69) is 41.5 Å². The maximum absolute atomic E-state index is 13.1. The highest BCUT2D eigenvalue weighted by atomic mass is 16.5. The summed E-state index contributed by atoms with van der Waals surface area (Å²) in [6.07, 6.45) is 3.74. The van der Waals surface area contributed by atoms with Crippen molar-refractivity contribution in [3.63, 3.8) is 0 Å². The molecule has 0 aromatic carbocycles. The van der Waals surface area contributed by atoms with E-state index >= 15 is 0 Å². The van der Waals surface area contributed by atoms with Gasteiger partial charge in [0.2, 0.25) is 0 Å². The van der Waals surface area contributed by atoms with Crippen LogP contribution in [0.2, 0.25) is 0 Å². The molecule has 0 unspecified atom stereocenters. The number of methoxy groups -OCH3 is 2. The summed E-state index contributed by atoms with van der Waals surface area (Å²) in [6, 6.07) is 0. The van der Waals surface area contributed by atoms with Crippen LogP contribution in [0.3, 0.4) is 0 Å². The Kier molecular flexibility index (Phi) is 8.23. The van der Waals surface area contributed by atoms with Gasteiger partial charge in [0.25, 0.3) is 0 Å². The van der Waals surface area contributed by atoms with Crippen LogP contribution in [-0.2, 0) is 19.0 Å². The molecule has 0 aromatic heterocycles. The van der Waals surface area contributed by atoms with Crippen LogP contribution in [0.4, 0.5) is 0 Å². The Hall–Kier alpha value is -0.690. The fourth-order valence-electron chi connectivity index (χ4n) is 9.60. The highest BCUT2D eigenvalue weighted by Crippen LogP contribution is 2.66. The summed E-state index contributed by atoms with van der Waals surface area (Å²) in [7, 11) is 3.65. The zero-order valence-electron chi connectivity index (χ0n) is 23.9. The Morgan fingerprint density at radius 3 is 2.17 bits per heavy atom. The fourth-order valence-corrected chi connectivity index (χ4v) is 9.60. The zero-order chi connectivity index (χ0) is 26.6. The molecule has 0 aromatic rings. The number of carbonyl (C=O) groups is 1. The van der Waals surface area contributed by atoms with Crippen molar-refractivity contribution in [1.82, 2.24) is 0 Å². The van der Waals surface area contributed by atoms with Gasteiger partial charge >= 0.3 is 5.97 Å². The second-order valence-electron chi connectivity index (χ2n) is 13.7. The van der Waals surface area contributed by atoms with E-state index in [-0.39, 0.29) is 34.9 Å². The van der Waals surface area contributed by atoms with Gasteiger partial charge in [0.05, 0.1) is 36.9 Å². The van der Waals surface area contributed by atoms with Crippen molar-refractivity contribution in [3.05, 3.63) is 0 Å². The minimum atomic E-state index is -0.842. The number of aliphatic hydroxyl groups is 2. The van der Waals surface area contributed by atoms with E-state index in [1.807, 2.05) is 14.2 Å². The van der Waals surface area contributed by atoms with Crippen LogP contribution in [0.1, 0.15) is 80.1 Å². The molecule has 0 spiro atoms. The summed E-state index contributed by atoms with van der Waals surface area (Å²) in [5, 5.41) is 21.0. The van der Waals surface area contributed by atoms with Crippen LogP contribution in [0.25, 0.3) is 0 Å². The zero-order valence-corrected chi connectivity index (χ0v) is 23.9. The molecule has 0 radical (unpaired) electrons. The van der Waals surface area contributed by atoms with Crippen molar-refractivity contribution in [2.24, 2.45) is 58.2 Å². The fraction of sp³-hybridized carbons (Fsp3) is 0.967. The number of rotatable bonds is 7. The van der Waals surface area contributed by atoms with Gasteiger partial charge in [0.1, 0.15) is 0 Å². The van der Waals surface area contributed by atoms with Crippen LogP contribution in [0.5, 0.6) is 0 Å². The van der Waals surface area contributed by atoms with Crippen molar-refractivity contribution < 1.29 is 29.2 Å². The van der Waals surface area contributed by atoms with Crippen LogP contribution in [0.15, 0.2) is 0 Å². The third kappa shape index (κ3) is 4.46. The molecule has 6 heteroatoms. The number of carbonyl (C=O) groups excluding carboxylic acids is 1. The Balaban J connectivity index is 1.60. The first-order chi connectivity index (χ1) is 16.9. The number of hydrogen-bond acceptors (Lipinski definition) is 6. The predicted octanol–water partition coefficient (Wildman–Crippen LogP) is 4.70. The van der Waals surface area contributed by atoms with Crippen molar-refractivity contribution >= 4 is 5.97 Å². The quantitative estimate of drug-likeness (QED) is 0.485. The van der Waals surface area contributed by atoms with E-state index in [4.69, 9.17) is 14.2 Å². The van der Waals surface area contributed by atoms with Gasteiger partial charge < -0.3 is 24.4 Å². The molecule has 1 heterocycles. The lowest BCUT2D eigenvalue weighted by atomic mass is 9.48. The molecular weight excluding hydrogens is 456 g/mol. The maximum atomic E-state index is 13.1. The molecule has 4 aliphatic rings. The molecule has 3 saturated carbocycles. The molecule has 0 amide bonds. The second kappa shape index (κ2) is 10.5. The summed E-state index contributed by atoms with van der Waals surface area (Å²) in [5.41, 5.74) is -0.170. The van der Waals surface area contributed by atoms with Crippen LogP contribution in [-0.4, -0.2) is 61.4 Å². The molecule has 13 atom stereocenters. The minimum absolute atomic E-state index is 0.0366. The van der Waals surface area contributed by atoms with E-state index in [9.17, 15) is 15.0 Å². The molecular formula is C30H52O6. The van der Waals surface area contributed by atoms with E-state index in [0.717, 1.165) is 25.7 Å². The smallest absolute Gasteiger partial charge is 0.309 e. The number of cyclic esters (lactones) is 1. The maximum Gasteiger partial charge on any atom is 0.309 e. The predicted molar refractivity (Wildman–Crippen MR) is 139 cm³/mol. The molecule has 4 rings (SSSR count). The van der Waals surface area contributed by atoms with E-state index < -0.39 is 12.2 Å². The van der Waals surface area contributed by atoms with Gasteiger partial charge in [0, 0.05) is 14.2 Å². The lowest BCUT2D eigenvalue weighted by Crippen LogP contribution is -2.55. The van der Waals surface area contributed by atoms with E-state index in [1.165, 1.54) is 0 Å². The number of fused-ring (bicyclic) bond motifs is 5. The first-order valence-electron chi connectivity index (χ1n) is 14.5. The van der Waals surface area contributed by atoms with E-state index in [0.29, 0.717) is 60.9 Å². The SMILES string of the molecule is CO[C@H]([C@@H](C)[C@H]1CC[C@H]2[C@@H]3COC(=O)[C@H]4C[C@H](O)[C@H](O)C[C@]4(C)[C@H]3CC[C@]12C)[C@H](OC)[C@@H](C)C(C)C. The first-order valence-corrected chi connectivity index (χ1v) is 14.5. The summed E-state index contributed by atoms with van der Waals surface area (Å²) in [5.74, 6) is 2.40. The Morgan fingerprint density at radius 1 is 0.917 bits per heavy atom. The van der Waals surface area contributed by atoms with Gasteiger partial charge in [-0.1, -0.05) is 41.5 Å². The molecule has 1 saturated heterocycles. The number of hydrogen-bond donors (Lipinski definition) is 2. The Bertz CT molecular complexity index is 785. The van der Waals surface area contributed by atoms with Gasteiger partial charge in [-0.05, 0) is 90.8 Å². The van der Waals surface area contributed by atoms with Crippen LogP contribution in [0, 0.1) is 58.2 Å². The number of ether oxygens (including phenoxy) is 3. The second-order valence-corrected chi connectivity index (χ2v) is 13.7. The van der Waals surface area contributed by atoms with Gasteiger partial charge in [0.15, 0.2) is 0 Å². The van der Waals surface area contributed by atoms with Gasteiger partial charge in [-0.3, -0.25) is 4.79 Å². The molecule has 6 nitrogen and oxygen atoms in total. The monoisotopic (exact) mass is 508 g/mol. The van der Waals surface area contributed by atoms with Crippen molar-refractivity contribution in [2.45, 2.75) is 104 Å². The number of esters is 1. The van der Waals surface area contributed by atoms with Gasteiger partial charge in [-0.15, -0.1) is 0 Å². The highest BCUT2D eigenvalue weighted by molar-refractivity contribution is 5.74. The summed E-state index contributed by atoms with van der Waals surface area (Å²) >= 11 is 0. The average Bonchev–Trinajstić information content (AvgIpc) is 3.14. The lowest BCUT2D eigenvalue weighted by Gasteiger charge is -2.56. The molecule has 2 N–H and O–H groups in total. The van der Waals surface area contributed by atoms with Gasteiger partial charge in [-0.25, -0.2) is 0 Å². The third-order valence-corrected chi connectivity index (χ3v) is 12.0. The molecule has 4 fully saturated rings. The van der Waals surface area contributed by atoms with Crippen molar-refractivity contribution in [1.29, 1.82) is 0 Å². The van der Waals surface area contributed by atoms with Gasteiger partial charge in [-0.2, -0.15) is 0 Å². The highest BCUT2D eigenvalue weighted by Gasteiger charge is 2.63. The molecule has 1 aliphatic heterocycles. The Morgan fingerprint density at radius 2 is 1.56 bits per heavy atom. The van der Waals surface area contributed by atoms with Crippen LogP contribution >= 0.6 is 0 Å². The number of aliphatic hydroxyl groups excluding tert-OH is 2. The molecule has 3 aliphatic carbocycles. The molecule has 36 heavy (non-hydrogen) atoms. The lowest BCUT2D eigenvalue weighted by molar-refractivity contribution is -0.162. The first kappa shape index (κ1) is 28.3. The normalized spacial score (nSPS) is 46.1. The summed E-state index contributed by atoms with van der Waals surface area (Å²) < 4.78 is 18.2. The summed E-state index contributed by atoms with van der Waals surface area (Å²) in [6.45, 7) is 14.3. The largest absolute Gasteiger partial charge is 0.465 e. The third-order valence-electron chi connectivity index (χ3n) is 12.0. The standard InChI is InChI=1S/C30H52O6/c1-16(2)17(3)26(34-7)27(35-8)18(4)20-9-10-21-19-15-36-28(33)23-13-24(31)25(32)14-30(23,6)22(19)11-12-29(20,21)5/h16-27,31-32H,9-15H2,1-8H3/t17-,18-,19-,20+,21-,22-,23+,24-,25+,26+,27+,29+,30+/m0/s1. The van der Waals surface area contributed by atoms with E-state index in [1.54, 1.807) is 0 Å². The van der Waals surface area contributed by atoms with Crippen molar-refractivity contribution in [2.75, 3.05) is 20.8 Å². The van der Waals surface area contributed by atoms with Crippen LogP contribution < -0.4 is 0 Å². The molecule has 0 bridgehead atoms. The molecule has 208 valence electrons. The summed E-state index contributed by atoms with van der Waals surface area (Å²) in [4.78, 5) is 13.1. The minimum Gasteiger partial charge on any atom is -0.465 e. The van der Waals surface area contributed by atoms with Crippen molar-refractivity contribution in [3.8, 4) is 0 Å². The average molecular weight is 509 g/mol. The topological polar surface area (TPSA) is 85.2 Å². The Labute approximate surface area is 218 Å².